The maximum Gasteiger partial charge on any atom is 0.191 e. The van der Waals surface area contributed by atoms with E-state index in [0.29, 0.717) is 6.04 Å². The standard InChI is InChI=1S/C20H31N5O2.HI/c1-20(26,16-13-23-25(2)14-16)15-22-19(24-17-7-4-3-5-8-17)21-11-10-18-9-6-12-27-18;/h6,9,12-14,17,26H,3-5,7-8,10-11,15H2,1-2H3,(H2,21,22,24);1H. The Balaban J connectivity index is 0.00000280. The van der Waals surface area contributed by atoms with Gasteiger partial charge in [0.05, 0.1) is 19.0 Å². The Hall–Kier alpha value is -1.55. The second-order valence-electron chi connectivity index (χ2n) is 7.58. The van der Waals surface area contributed by atoms with Crippen LogP contribution in [0.5, 0.6) is 0 Å². The fourth-order valence-corrected chi connectivity index (χ4v) is 3.38. The topological polar surface area (TPSA) is 87.6 Å². The molecule has 0 radical (unpaired) electrons. The van der Waals surface area contributed by atoms with Crippen molar-refractivity contribution in [2.75, 3.05) is 13.1 Å². The number of aliphatic imine (C=N–C) groups is 1. The maximum absolute atomic E-state index is 10.8. The minimum atomic E-state index is -1.06. The number of nitrogens with zero attached hydrogens (tertiary/aromatic N) is 3. The van der Waals surface area contributed by atoms with Crippen LogP contribution in [-0.4, -0.2) is 40.0 Å². The van der Waals surface area contributed by atoms with Crippen LogP contribution in [0.1, 0.15) is 50.4 Å². The summed E-state index contributed by atoms with van der Waals surface area (Å²) in [4.78, 5) is 4.67. The van der Waals surface area contributed by atoms with Crippen LogP contribution in [0.25, 0.3) is 0 Å². The number of halogens is 1. The van der Waals surface area contributed by atoms with Crippen molar-refractivity contribution in [3.8, 4) is 0 Å². The second-order valence-corrected chi connectivity index (χ2v) is 7.58. The van der Waals surface area contributed by atoms with Crippen molar-refractivity contribution in [3.63, 3.8) is 0 Å². The number of hydrogen-bond acceptors (Lipinski definition) is 4. The highest BCUT2D eigenvalue weighted by atomic mass is 127. The molecule has 7 nitrogen and oxygen atoms in total. The van der Waals surface area contributed by atoms with Crippen LogP contribution < -0.4 is 10.6 Å². The van der Waals surface area contributed by atoms with Crippen molar-refractivity contribution in [1.82, 2.24) is 20.4 Å². The Morgan fingerprint density at radius 3 is 2.82 bits per heavy atom. The van der Waals surface area contributed by atoms with Gasteiger partial charge in [-0.1, -0.05) is 19.3 Å². The van der Waals surface area contributed by atoms with E-state index in [0.717, 1.165) is 43.1 Å². The van der Waals surface area contributed by atoms with E-state index in [1.807, 2.05) is 25.4 Å². The summed E-state index contributed by atoms with van der Waals surface area (Å²) in [5.74, 6) is 1.69. The third kappa shape index (κ3) is 6.80. The number of nitrogens with one attached hydrogen (secondary N) is 2. The van der Waals surface area contributed by atoms with Gasteiger partial charge in [0, 0.05) is 37.8 Å². The first kappa shape index (κ1) is 22.7. The molecule has 0 amide bonds. The summed E-state index contributed by atoms with van der Waals surface area (Å²) in [6.45, 7) is 2.76. The molecule has 1 atom stereocenters. The zero-order valence-electron chi connectivity index (χ0n) is 16.7. The van der Waals surface area contributed by atoms with Gasteiger partial charge in [-0.2, -0.15) is 5.10 Å². The summed E-state index contributed by atoms with van der Waals surface area (Å²) in [6, 6.07) is 4.31. The van der Waals surface area contributed by atoms with E-state index in [1.165, 1.54) is 19.3 Å². The summed E-state index contributed by atoms with van der Waals surface area (Å²) in [6.07, 6.45) is 12.1. The SMILES string of the molecule is Cn1cc(C(C)(O)CN=C(NCCc2ccco2)NC2CCCCC2)cn1.I. The zero-order valence-corrected chi connectivity index (χ0v) is 19.1. The van der Waals surface area contributed by atoms with Crippen LogP contribution in [-0.2, 0) is 19.1 Å². The Morgan fingerprint density at radius 1 is 1.39 bits per heavy atom. The molecule has 1 aliphatic carbocycles. The van der Waals surface area contributed by atoms with Crippen molar-refractivity contribution in [2.45, 2.75) is 57.1 Å². The molecule has 2 heterocycles. The van der Waals surface area contributed by atoms with E-state index in [4.69, 9.17) is 4.42 Å². The van der Waals surface area contributed by atoms with Crippen molar-refractivity contribution >= 4 is 29.9 Å². The molecule has 2 aromatic heterocycles. The molecule has 0 bridgehead atoms. The van der Waals surface area contributed by atoms with E-state index in [9.17, 15) is 5.11 Å². The van der Waals surface area contributed by atoms with Crippen LogP contribution >= 0.6 is 24.0 Å². The van der Waals surface area contributed by atoms with Crippen LogP contribution in [0.3, 0.4) is 0 Å². The minimum Gasteiger partial charge on any atom is -0.469 e. The third-order valence-corrected chi connectivity index (χ3v) is 5.06. The molecule has 1 unspecified atom stereocenters. The summed E-state index contributed by atoms with van der Waals surface area (Å²) in [5, 5.41) is 21.9. The van der Waals surface area contributed by atoms with Gasteiger partial charge in [-0.05, 0) is 31.9 Å². The predicted molar refractivity (Wildman–Crippen MR) is 121 cm³/mol. The summed E-state index contributed by atoms with van der Waals surface area (Å²) < 4.78 is 7.08. The smallest absolute Gasteiger partial charge is 0.191 e. The monoisotopic (exact) mass is 501 g/mol. The number of rotatable bonds is 7. The fraction of sp³-hybridized carbons (Fsp3) is 0.600. The van der Waals surface area contributed by atoms with Gasteiger partial charge in [0.1, 0.15) is 11.4 Å². The maximum atomic E-state index is 10.8. The van der Waals surface area contributed by atoms with Crippen LogP contribution in [0.2, 0.25) is 0 Å². The molecular formula is C20H32IN5O2. The number of aryl methyl sites for hydroxylation is 1. The number of hydrogen-bond donors (Lipinski definition) is 3. The van der Waals surface area contributed by atoms with Crippen LogP contribution in [0, 0.1) is 0 Å². The molecular weight excluding hydrogens is 469 g/mol. The quantitative estimate of drug-likeness (QED) is 0.309. The van der Waals surface area contributed by atoms with E-state index >= 15 is 0 Å². The van der Waals surface area contributed by atoms with Gasteiger partial charge in [0.25, 0.3) is 0 Å². The first-order valence-electron chi connectivity index (χ1n) is 9.82. The van der Waals surface area contributed by atoms with Crippen molar-refractivity contribution in [1.29, 1.82) is 0 Å². The van der Waals surface area contributed by atoms with E-state index in [1.54, 1.807) is 24.1 Å². The van der Waals surface area contributed by atoms with E-state index < -0.39 is 5.60 Å². The molecule has 28 heavy (non-hydrogen) atoms. The number of guanidine groups is 1. The molecule has 3 rings (SSSR count). The average molecular weight is 501 g/mol. The number of aliphatic hydroxyl groups is 1. The lowest BCUT2D eigenvalue weighted by molar-refractivity contribution is 0.0671. The zero-order chi connectivity index (χ0) is 19.1. The van der Waals surface area contributed by atoms with Crippen LogP contribution in [0.15, 0.2) is 40.2 Å². The second kappa shape index (κ2) is 10.8. The molecule has 1 aliphatic rings. The predicted octanol–water partition coefficient (Wildman–Crippen LogP) is 2.95. The van der Waals surface area contributed by atoms with Crippen molar-refractivity contribution in [2.24, 2.45) is 12.0 Å². The molecule has 0 aliphatic heterocycles. The number of furan rings is 1. The largest absolute Gasteiger partial charge is 0.469 e. The van der Waals surface area contributed by atoms with Gasteiger partial charge >= 0.3 is 0 Å². The molecule has 2 aromatic rings. The summed E-state index contributed by atoms with van der Waals surface area (Å²) in [5.41, 5.74) is -0.294. The number of aromatic nitrogens is 2. The molecule has 0 saturated heterocycles. The van der Waals surface area contributed by atoms with Crippen molar-refractivity contribution < 1.29 is 9.52 Å². The summed E-state index contributed by atoms with van der Waals surface area (Å²) >= 11 is 0. The molecule has 3 N–H and O–H groups in total. The molecule has 8 heteroatoms. The molecule has 1 fully saturated rings. The average Bonchev–Trinajstić information content (AvgIpc) is 3.32. The minimum absolute atomic E-state index is 0. The first-order chi connectivity index (χ1) is 13.0. The molecule has 156 valence electrons. The highest BCUT2D eigenvalue weighted by Gasteiger charge is 2.25. The molecule has 0 spiro atoms. The van der Waals surface area contributed by atoms with Gasteiger partial charge in [-0.3, -0.25) is 4.68 Å². The Kier molecular flexibility index (Phi) is 8.81. The Bertz CT molecular complexity index is 721. The lowest BCUT2D eigenvalue weighted by atomic mass is 9.96. The Labute approximate surface area is 184 Å². The van der Waals surface area contributed by atoms with Gasteiger partial charge in [0.15, 0.2) is 5.96 Å². The lowest BCUT2D eigenvalue weighted by Gasteiger charge is -2.26. The highest BCUT2D eigenvalue weighted by molar-refractivity contribution is 14.0. The van der Waals surface area contributed by atoms with Crippen molar-refractivity contribution in [3.05, 3.63) is 42.1 Å². The van der Waals surface area contributed by atoms with Gasteiger partial charge in [-0.25, -0.2) is 4.99 Å². The van der Waals surface area contributed by atoms with Gasteiger partial charge < -0.3 is 20.2 Å². The lowest BCUT2D eigenvalue weighted by Crippen LogP contribution is -2.45. The van der Waals surface area contributed by atoms with Gasteiger partial charge in [0.2, 0.25) is 0 Å². The first-order valence-corrected chi connectivity index (χ1v) is 9.82. The normalized spacial score (nSPS) is 17.6. The third-order valence-electron chi connectivity index (χ3n) is 5.06. The molecule has 1 saturated carbocycles. The summed E-state index contributed by atoms with van der Waals surface area (Å²) in [7, 11) is 1.84. The van der Waals surface area contributed by atoms with E-state index in [2.05, 4.69) is 20.7 Å². The van der Waals surface area contributed by atoms with Gasteiger partial charge in [-0.15, -0.1) is 24.0 Å². The van der Waals surface area contributed by atoms with Crippen LogP contribution in [0.4, 0.5) is 0 Å². The Morgan fingerprint density at radius 2 is 2.18 bits per heavy atom. The highest BCUT2D eigenvalue weighted by Crippen LogP contribution is 2.20. The van der Waals surface area contributed by atoms with E-state index in [-0.39, 0.29) is 30.5 Å². The fourth-order valence-electron chi connectivity index (χ4n) is 3.38. The molecule has 0 aromatic carbocycles.